The van der Waals surface area contributed by atoms with Gasteiger partial charge in [-0.25, -0.2) is 8.42 Å². The molecular weight excluding hydrogens is 296 g/mol. The Labute approximate surface area is 134 Å². The summed E-state index contributed by atoms with van der Waals surface area (Å²) in [5, 5.41) is 0. The van der Waals surface area contributed by atoms with Crippen LogP contribution in [-0.4, -0.2) is 25.8 Å². The maximum Gasteiger partial charge on any atom is 0.243 e. The third-order valence-corrected chi connectivity index (χ3v) is 6.30. The number of benzene rings is 1. The summed E-state index contributed by atoms with van der Waals surface area (Å²) >= 11 is 0. The topological polar surface area (TPSA) is 63.4 Å². The van der Waals surface area contributed by atoms with Crippen LogP contribution in [0.1, 0.15) is 57.4 Å². The summed E-state index contributed by atoms with van der Waals surface area (Å²) in [6.45, 7) is 3.41. The maximum absolute atomic E-state index is 13.0. The molecule has 0 bridgehead atoms. The molecule has 0 saturated carbocycles. The van der Waals surface area contributed by atoms with Crippen LogP contribution in [0.15, 0.2) is 23.1 Å². The van der Waals surface area contributed by atoms with Gasteiger partial charge in [-0.15, -0.1) is 0 Å². The predicted octanol–water partition coefficient (Wildman–Crippen LogP) is 3.57. The van der Waals surface area contributed by atoms with Crippen LogP contribution in [0.2, 0.25) is 0 Å². The van der Waals surface area contributed by atoms with Gasteiger partial charge in [0.05, 0.1) is 4.90 Å². The third kappa shape index (κ3) is 4.23. The van der Waals surface area contributed by atoms with Crippen LogP contribution < -0.4 is 5.73 Å². The minimum Gasteiger partial charge on any atom is -0.399 e. The lowest BCUT2D eigenvalue weighted by atomic mass is 10.1. The predicted molar refractivity (Wildman–Crippen MR) is 91.3 cm³/mol. The van der Waals surface area contributed by atoms with E-state index in [1.165, 1.54) is 0 Å². The summed E-state index contributed by atoms with van der Waals surface area (Å²) in [6.07, 6.45) is 8.20. The van der Waals surface area contributed by atoms with E-state index >= 15 is 0 Å². The van der Waals surface area contributed by atoms with Crippen molar-refractivity contribution in [3.05, 3.63) is 23.8 Å². The van der Waals surface area contributed by atoms with Gasteiger partial charge < -0.3 is 5.73 Å². The minimum absolute atomic E-state index is 0.422. The number of unbranched alkanes of at least 4 members (excludes halogenated alkanes) is 2. The molecule has 4 nitrogen and oxygen atoms in total. The molecule has 0 unspecified atom stereocenters. The smallest absolute Gasteiger partial charge is 0.243 e. The Morgan fingerprint density at radius 2 is 1.77 bits per heavy atom. The molecule has 0 amide bonds. The number of anilines is 1. The number of nitrogens with two attached hydrogens (primary N) is 1. The van der Waals surface area contributed by atoms with Crippen molar-refractivity contribution in [2.24, 2.45) is 0 Å². The second-order valence-corrected chi connectivity index (χ2v) is 8.05. The van der Waals surface area contributed by atoms with Crippen molar-refractivity contribution in [1.82, 2.24) is 4.31 Å². The van der Waals surface area contributed by atoms with E-state index in [0.29, 0.717) is 23.7 Å². The van der Waals surface area contributed by atoms with E-state index in [-0.39, 0.29) is 0 Å². The highest BCUT2D eigenvalue weighted by Gasteiger charge is 2.27. The van der Waals surface area contributed by atoms with E-state index in [2.05, 4.69) is 6.92 Å². The molecule has 1 aromatic carbocycles. The van der Waals surface area contributed by atoms with Gasteiger partial charge in [0.15, 0.2) is 0 Å². The Kier molecular flexibility index (Phi) is 6.26. The molecule has 1 saturated heterocycles. The molecule has 2 rings (SSSR count). The van der Waals surface area contributed by atoms with Gasteiger partial charge in [0.1, 0.15) is 0 Å². The van der Waals surface area contributed by atoms with Crippen LogP contribution in [0.25, 0.3) is 0 Å². The van der Waals surface area contributed by atoms with Gasteiger partial charge in [0.25, 0.3) is 0 Å². The van der Waals surface area contributed by atoms with Gasteiger partial charge in [0.2, 0.25) is 10.0 Å². The normalized spacial score (nSPS) is 17.3. The van der Waals surface area contributed by atoms with Crippen molar-refractivity contribution >= 4 is 15.7 Å². The molecule has 1 heterocycles. The molecule has 1 aromatic rings. The van der Waals surface area contributed by atoms with E-state index in [0.717, 1.165) is 56.9 Å². The second kappa shape index (κ2) is 7.97. The molecule has 0 aliphatic carbocycles. The van der Waals surface area contributed by atoms with Crippen LogP contribution in [0.5, 0.6) is 0 Å². The fraction of sp³-hybridized carbons (Fsp3) is 0.647. The van der Waals surface area contributed by atoms with Crippen LogP contribution in [-0.2, 0) is 16.4 Å². The largest absolute Gasteiger partial charge is 0.399 e. The van der Waals surface area contributed by atoms with E-state index in [1.807, 2.05) is 12.1 Å². The lowest BCUT2D eigenvalue weighted by molar-refractivity contribution is 0.423. The fourth-order valence-corrected chi connectivity index (χ4v) is 4.81. The first-order valence-corrected chi connectivity index (χ1v) is 9.88. The quantitative estimate of drug-likeness (QED) is 0.643. The lowest BCUT2D eigenvalue weighted by Gasteiger charge is -2.22. The Hall–Kier alpha value is -1.07. The lowest BCUT2D eigenvalue weighted by Crippen LogP contribution is -2.32. The molecule has 22 heavy (non-hydrogen) atoms. The van der Waals surface area contributed by atoms with Crippen LogP contribution in [0.3, 0.4) is 0 Å². The molecule has 0 aromatic heterocycles. The molecule has 124 valence electrons. The zero-order valence-corrected chi connectivity index (χ0v) is 14.4. The van der Waals surface area contributed by atoms with Crippen LogP contribution in [0, 0.1) is 0 Å². The number of aryl methyl sites for hydroxylation is 1. The standard InChI is InChI=1S/C17H28N2O2S/c1-2-3-6-9-15-10-11-16(18)14-17(15)22(20,21)19-12-7-4-5-8-13-19/h10-11,14H,2-9,12-13,18H2,1H3. The van der Waals surface area contributed by atoms with Crippen molar-refractivity contribution in [1.29, 1.82) is 0 Å². The number of sulfonamides is 1. The SMILES string of the molecule is CCCCCc1ccc(N)cc1S(=O)(=O)N1CCCCCC1. The summed E-state index contributed by atoms with van der Waals surface area (Å²) in [6, 6.07) is 5.33. The average Bonchev–Trinajstić information content (AvgIpc) is 2.78. The van der Waals surface area contributed by atoms with Gasteiger partial charge in [-0.3, -0.25) is 0 Å². The number of hydrogen-bond acceptors (Lipinski definition) is 3. The van der Waals surface area contributed by atoms with E-state index in [4.69, 9.17) is 5.73 Å². The van der Waals surface area contributed by atoms with E-state index in [9.17, 15) is 8.42 Å². The van der Waals surface area contributed by atoms with Crippen LogP contribution >= 0.6 is 0 Å². The first kappa shape index (κ1) is 17.3. The van der Waals surface area contributed by atoms with Crippen molar-refractivity contribution in [3.63, 3.8) is 0 Å². The van der Waals surface area contributed by atoms with E-state index in [1.54, 1.807) is 10.4 Å². The molecule has 1 fully saturated rings. The number of hydrogen-bond donors (Lipinski definition) is 1. The Morgan fingerprint density at radius 1 is 1.09 bits per heavy atom. The monoisotopic (exact) mass is 324 g/mol. The zero-order valence-electron chi connectivity index (χ0n) is 13.6. The van der Waals surface area contributed by atoms with Crippen molar-refractivity contribution < 1.29 is 8.42 Å². The second-order valence-electron chi connectivity index (χ2n) is 6.14. The molecule has 0 radical (unpaired) electrons. The molecule has 0 atom stereocenters. The van der Waals surface area contributed by atoms with Gasteiger partial charge in [-0.2, -0.15) is 4.31 Å². The first-order valence-electron chi connectivity index (χ1n) is 8.44. The summed E-state index contributed by atoms with van der Waals surface area (Å²) in [4.78, 5) is 0.422. The Bertz CT molecular complexity index is 576. The number of nitrogen functional groups attached to an aromatic ring is 1. The molecule has 5 heteroatoms. The molecule has 2 N–H and O–H groups in total. The average molecular weight is 324 g/mol. The highest BCUT2D eigenvalue weighted by Crippen LogP contribution is 2.26. The highest BCUT2D eigenvalue weighted by atomic mass is 32.2. The molecular formula is C17H28N2O2S. The van der Waals surface area contributed by atoms with Gasteiger partial charge >= 0.3 is 0 Å². The summed E-state index contributed by atoms with van der Waals surface area (Å²) < 4.78 is 27.7. The Morgan fingerprint density at radius 3 is 2.41 bits per heavy atom. The van der Waals surface area contributed by atoms with Crippen molar-refractivity contribution in [2.75, 3.05) is 18.8 Å². The first-order chi connectivity index (χ1) is 10.6. The van der Waals surface area contributed by atoms with Gasteiger partial charge in [-0.1, -0.05) is 38.7 Å². The summed E-state index contributed by atoms with van der Waals surface area (Å²) in [5.74, 6) is 0. The zero-order chi connectivity index (χ0) is 16.0. The molecule has 0 spiro atoms. The Balaban J connectivity index is 2.29. The van der Waals surface area contributed by atoms with Crippen molar-refractivity contribution in [3.8, 4) is 0 Å². The molecule has 1 aliphatic rings. The fourth-order valence-electron chi connectivity index (χ4n) is 3.00. The maximum atomic E-state index is 13.0. The summed E-state index contributed by atoms with van der Waals surface area (Å²) in [5.41, 5.74) is 7.29. The minimum atomic E-state index is -3.42. The number of nitrogens with zero attached hydrogens (tertiary/aromatic N) is 1. The van der Waals surface area contributed by atoms with E-state index < -0.39 is 10.0 Å². The third-order valence-electron chi connectivity index (χ3n) is 4.32. The van der Waals surface area contributed by atoms with Crippen molar-refractivity contribution in [2.45, 2.75) is 63.2 Å². The van der Waals surface area contributed by atoms with Gasteiger partial charge in [0, 0.05) is 18.8 Å². The number of rotatable bonds is 6. The van der Waals surface area contributed by atoms with Crippen LogP contribution in [0.4, 0.5) is 5.69 Å². The molecule has 1 aliphatic heterocycles. The highest BCUT2D eigenvalue weighted by molar-refractivity contribution is 7.89. The summed E-state index contributed by atoms with van der Waals surface area (Å²) in [7, 11) is -3.42. The van der Waals surface area contributed by atoms with Gasteiger partial charge in [-0.05, 0) is 43.4 Å².